The lowest BCUT2D eigenvalue weighted by molar-refractivity contribution is 0.877. The minimum Gasteiger partial charge on any atom is -0.378 e. The van der Waals surface area contributed by atoms with Gasteiger partial charge in [0.25, 0.3) is 0 Å². The predicted molar refractivity (Wildman–Crippen MR) is 93.0 cm³/mol. The fourth-order valence-electron chi connectivity index (χ4n) is 1.77. The third-order valence-corrected chi connectivity index (χ3v) is 4.84. The second-order valence-corrected chi connectivity index (χ2v) is 7.22. The molecule has 0 spiro atoms. The van der Waals surface area contributed by atoms with Crippen LogP contribution in [0.4, 0.5) is 5.69 Å². The van der Waals surface area contributed by atoms with Crippen LogP contribution in [0.25, 0.3) is 0 Å². The summed E-state index contributed by atoms with van der Waals surface area (Å²) >= 11 is 16.6. The first-order chi connectivity index (χ1) is 8.97. The van der Waals surface area contributed by atoms with E-state index in [-0.39, 0.29) is 6.04 Å². The van der Waals surface area contributed by atoms with Gasteiger partial charge in [0.2, 0.25) is 0 Å². The van der Waals surface area contributed by atoms with E-state index in [1.165, 1.54) is 5.56 Å². The molecule has 19 heavy (non-hydrogen) atoms. The second-order valence-electron chi connectivity index (χ2n) is 4.16. The highest BCUT2D eigenvalue weighted by Gasteiger charge is 2.11. The summed E-state index contributed by atoms with van der Waals surface area (Å²) in [4.78, 5) is 0. The SMILES string of the molecule is CC(Nc1cc(Cl)ccc1Br)c1ccc(Br)cc1Br. The molecule has 2 aromatic rings. The van der Waals surface area contributed by atoms with Crippen molar-refractivity contribution in [3.8, 4) is 0 Å². The van der Waals surface area contributed by atoms with Gasteiger partial charge in [-0.05, 0) is 58.7 Å². The highest BCUT2D eigenvalue weighted by molar-refractivity contribution is 9.11. The monoisotopic (exact) mass is 465 g/mol. The van der Waals surface area contributed by atoms with E-state index in [1.807, 2.05) is 30.3 Å². The van der Waals surface area contributed by atoms with Crippen LogP contribution < -0.4 is 5.32 Å². The maximum atomic E-state index is 6.02. The molecule has 0 aliphatic carbocycles. The van der Waals surface area contributed by atoms with E-state index in [9.17, 15) is 0 Å². The van der Waals surface area contributed by atoms with Crippen molar-refractivity contribution >= 4 is 65.1 Å². The highest BCUT2D eigenvalue weighted by atomic mass is 79.9. The summed E-state index contributed by atoms with van der Waals surface area (Å²) < 4.78 is 3.12. The summed E-state index contributed by atoms with van der Waals surface area (Å²) in [6, 6.07) is 12.0. The van der Waals surface area contributed by atoms with E-state index >= 15 is 0 Å². The van der Waals surface area contributed by atoms with Crippen molar-refractivity contribution in [2.45, 2.75) is 13.0 Å². The first-order valence-corrected chi connectivity index (χ1v) is 8.39. The Labute approximate surface area is 143 Å². The molecule has 0 heterocycles. The third-order valence-electron chi connectivity index (χ3n) is 2.73. The molecule has 2 aromatic carbocycles. The van der Waals surface area contributed by atoms with E-state index in [1.54, 1.807) is 0 Å². The summed E-state index contributed by atoms with van der Waals surface area (Å²) in [5, 5.41) is 4.17. The summed E-state index contributed by atoms with van der Waals surface area (Å²) in [6.07, 6.45) is 0. The van der Waals surface area contributed by atoms with Crippen molar-refractivity contribution in [3.63, 3.8) is 0 Å². The van der Waals surface area contributed by atoms with E-state index in [0.29, 0.717) is 5.02 Å². The van der Waals surface area contributed by atoms with Crippen molar-refractivity contribution in [1.29, 1.82) is 0 Å². The van der Waals surface area contributed by atoms with E-state index in [0.717, 1.165) is 19.1 Å². The van der Waals surface area contributed by atoms with Crippen molar-refractivity contribution in [3.05, 3.63) is 60.4 Å². The molecular formula is C14H11Br3ClN. The van der Waals surface area contributed by atoms with E-state index in [4.69, 9.17) is 11.6 Å². The molecule has 5 heteroatoms. The Kier molecular flexibility index (Phi) is 5.35. The number of hydrogen-bond donors (Lipinski definition) is 1. The van der Waals surface area contributed by atoms with Crippen LogP contribution in [-0.4, -0.2) is 0 Å². The van der Waals surface area contributed by atoms with Gasteiger partial charge in [0, 0.05) is 24.5 Å². The van der Waals surface area contributed by atoms with Crippen molar-refractivity contribution in [2.24, 2.45) is 0 Å². The molecule has 0 fully saturated rings. The number of rotatable bonds is 3. The van der Waals surface area contributed by atoms with Crippen LogP contribution >= 0.6 is 59.4 Å². The van der Waals surface area contributed by atoms with Crippen LogP contribution in [0.5, 0.6) is 0 Å². The second kappa shape index (κ2) is 6.61. The number of nitrogens with one attached hydrogen (secondary N) is 1. The van der Waals surface area contributed by atoms with Crippen LogP contribution in [0.3, 0.4) is 0 Å². The molecule has 0 bridgehead atoms. The molecule has 0 aromatic heterocycles. The van der Waals surface area contributed by atoms with Crippen LogP contribution in [0, 0.1) is 0 Å². The maximum Gasteiger partial charge on any atom is 0.0504 e. The zero-order chi connectivity index (χ0) is 14.0. The molecule has 0 aliphatic rings. The van der Waals surface area contributed by atoms with Crippen LogP contribution in [0.1, 0.15) is 18.5 Å². The van der Waals surface area contributed by atoms with Gasteiger partial charge in [0.15, 0.2) is 0 Å². The molecule has 0 saturated carbocycles. The molecular weight excluding hydrogens is 457 g/mol. The third kappa shape index (κ3) is 3.97. The Morgan fingerprint density at radius 2 is 1.74 bits per heavy atom. The Bertz CT molecular complexity index is 601. The lowest BCUT2D eigenvalue weighted by Crippen LogP contribution is -2.07. The number of hydrogen-bond acceptors (Lipinski definition) is 1. The molecule has 0 aliphatic heterocycles. The normalized spacial score (nSPS) is 12.3. The summed E-state index contributed by atoms with van der Waals surface area (Å²) in [7, 11) is 0. The van der Waals surface area contributed by atoms with Gasteiger partial charge in [-0.2, -0.15) is 0 Å². The minimum absolute atomic E-state index is 0.164. The summed E-state index contributed by atoms with van der Waals surface area (Å²) in [5.74, 6) is 0. The molecule has 1 unspecified atom stereocenters. The fraction of sp³-hybridized carbons (Fsp3) is 0.143. The quantitative estimate of drug-likeness (QED) is 0.523. The Hall–Kier alpha value is -0.0300. The van der Waals surface area contributed by atoms with Crippen molar-refractivity contribution in [2.75, 3.05) is 5.32 Å². The van der Waals surface area contributed by atoms with Crippen molar-refractivity contribution < 1.29 is 0 Å². The zero-order valence-corrected chi connectivity index (χ0v) is 15.6. The lowest BCUT2D eigenvalue weighted by Gasteiger charge is -2.18. The van der Waals surface area contributed by atoms with Crippen LogP contribution in [0.15, 0.2) is 49.8 Å². The van der Waals surface area contributed by atoms with Gasteiger partial charge in [-0.1, -0.05) is 49.5 Å². The van der Waals surface area contributed by atoms with Crippen LogP contribution in [-0.2, 0) is 0 Å². The molecule has 1 nitrogen and oxygen atoms in total. The maximum absolute atomic E-state index is 6.02. The Morgan fingerprint density at radius 3 is 2.42 bits per heavy atom. The zero-order valence-electron chi connectivity index (χ0n) is 10.1. The standard InChI is InChI=1S/C14H11Br3ClN/c1-8(11-4-2-9(15)6-13(11)17)19-14-7-10(18)3-5-12(14)16/h2-8,19H,1H3. The molecule has 100 valence electrons. The summed E-state index contributed by atoms with van der Waals surface area (Å²) in [6.45, 7) is 2.11. The predicted octanol–water partition coefficient (Wildman–Crippen LogP) is 6.80. The fourth-order valence-corrected chi connectivity index (χ4v) is 3.70. The number of benzene rings is 2. The molecule has 1 atom stereocenters. The van der Waals surface area contributed by atoms with Crippen molar-refractivity contribution in [1.82, 2.24) is 0 Å². The molecule has 0 amide bonds. The number of halogens is 4. The average molecular weight is 468 g/mol. The van der Waals surface area contributed by atoms with Gasteiger partial charge < -0.3 is 5.32 Å². The topological polar surface area (TPSA) is 12.0 Å². The van der Waals surface area contributed by atoms with Crippen LogP contribution in [0.2, 0.25) is 5.02 Å². The number of anilines is 1. The summed E-state index contributed by atoms with van der Waals surface area (Å²) in [5.41, 5.74) is 2.17. The molecule has 0 saturated heterocycles. The largest absolute Gasteiger partial charge is 0.378 e. The van der Waals surface area contributed by atoms with Gasteiger partial charge in [0.1, 0.15) is 0 Å². The van der Waals surface area contributed by atoms with E-state index < -0.39 is 0 Å². The molecule has 0 radical (unpaired) electrons. The van der Waals surface area contributed by atoms with E-state index in [2.05, 4.69) is 66.1 Å². The Balaban J connectivity index is 2.25. The van der Waals surface area contributed by atoms with Gasteiger partial charge in [-0.15, -0.1) is 0 Å². The first-order valence-electron chi connectivity index (χ1n) is 5.64. The van der Waals surface area contributed by atoms with Gasteiger partial charge in [-0.25, -0.2) is 0 Å². The first kappa shape index (κ1) is 15.4. The Morgan fingerprint density at radius 1 is 1.00 bits per heavy atom. The average Bonchev–Trinajstić information content (AvgIpc) is 2.33. The lowest BCUT2D eigenvalue weighted by atomic mass is 10.1. The minimum atomic E-state index is 0.164. The molecule has 1 N–H and O–H groups in total. The molecule has 2 rings (SSSR count). The van der Waals surface area contributed by atoms with Gasteiger partial charge >= 0.3 is 0 Å². The smallest absolute Gasteiger partial charge is 0.0504 e. The van der Waals surface area contributed by atoms with Gasteiger partial charge in [0.05, 0.1) is 5.69 Å². The highest BCUT2D eigenvalue weighted by Crippen LogP contribution is 2.32. The van der Waals surface area contributed by atoms with Gasteiger partial charge in [-0.3, -0.25) is 0 Å².